The van der Waals surface area contributed by atoms with Crippen LogP contribution in [0.1, 0.15) is 26.7 Å². The molecule has 0 saturated carbocycles. The van der Waals surface area contributed by atoms with E-state index in [9.17, 15) is 4.79 Å². The van der Waals surface area contributed by atoms with Gasteiger partial charge in [0.2, 0.25) is 0 Å². The number of aliphatic hydroxyl groups excluding tert-OH is 1. The maximum Gasteiger partial charge on any atom is 0.337 e. The third-order valence-corrected chi connectivity index (χ3v) is 2.81. The molecule has 4 nitrogen and oxygen atoms in total. The van der Waals surface area contributed by atoms with Crippen LogP contribution in [0, 0.1) is 0 Å². The molecule has 0 spiro atoms. The molecular weight excluding hydrogens is 208 g/mol. The van der Waals surface area contributed by atoms with E-state index in [0.29, 0.717) is 5.57 Å². The Balaban J connectivity index is 2.81. The topological polar surface area (TPSA) is 55.8 Å². The first-order chi connectivity index (χ1) is 7.63. The molecule has 0 fully saturated rings. The molecule has 90 valence electrons. The highest BCUT2D eigenvalue weighted by Crippen LogP contribution is 2.31. The van der Waals surface area contributed by atoms with Crippen LogP contribution < -0.4 is 0 Å². The Bertz CT molecular complexity index is 328. The summed E-state index contributed by atoms with van der Waals surface area (Å²) < 4.78 is 9.81. The molecule has 0 aromatic heterocycles. The Kier molecular flexibility index (Phi) is 4.71. The summed E-state index contributed by atoms with van der Waals surface area (Å²) in [6.45, 7) is 3.55. The number of esters is 1. The molecule has 0 aliphatic heterocycles. The number of hydrogen-bond donors (Lipinski definition) is 1. The monoisotopic (exact) mass is 226 g/mol. The smallest absolute Gasteiger partial charge is 0.337 e. The summed E-state index contributed by atoms with van der Waals surface area (Å²) in [6, 6.07) is 0. The van der Waals surface area contributed by atoms with E-state index in [1.54, 1.807) is 0 Å². The van der Waals surface area contributed by atoms with Crippen LogP contribution in [0.4, 0.5) is 0 Å². The first-order valence-electron chi connectivity index (χ1n) is 5.37. The summed E-state index contributed by atoms with van der Waals surface area (Å²) in [5.74, 6) is -0.303. The number of hydrogen-bond acceptors (Lipinski definition) is 4. The Morgan fingerprint density at radius 1 is 1.62 bits per heavy atom. The molecule has 0 aromatic carbocycles. The van der Waals surface area contributed by atoms with Gasteiger partial charge in [-0.3, -0.25) is 0 Å². The van der Waals surface area contributed by atoms with E-state index in [0.717, 1.165) is 24.0 Å². The number of ether oxygens (including phenoxy) is 2. The Morgan fingerprint density at radius 3 is 2.81 bits per heavy atom. The molecule has 1 aliphatic rings. The van der Waals surface area contributed by atoms with E-state index in [-0.39, 0.29) is 18.9 Å². The van der Waals surface area contributed by atoms with Crippen molar-refractivity contribution in [1.82, 2.24) is 0 Å². The average Bonchev–Trinajstić information content (AvgIpc) is 2.72. The molecule has 1 rings (SSSR count). The second kappa shape index (κ2) is 5.82. The minimum absolute atomic E-state index is 0.172. The van der Waals surface area contributed by atoms with E-state index >= 15 is 0 Å². The first-order valence-corrected chi connectivity index (χ1v) is 5.37. The van der Waals surface area contributed by atoms with Gasteiger partial charge in [0.05, 0.1) is 18.8 Å². The largest absolute Gasteiger partial charge is 0.465 e. The van der Waals surface area contributed by atoms with Crippen molar-refractivity contribution in [2.45, 2.75) is 32.8 Å². The molecule has 1 N–H and O–H groups in total. The molecule has 4 heteroatoms. The molecule has 0 aromatic rings. The second-order valence-corrected chi connectivity index (χ2v) is 3.70. The van der Waals surface area contributed by atoms with Crippen molar-refractivity contribution in [2.24, 2.45) is 0 Å². The van der Waals surface area contributed by atoms with Crippen LogP contribution in [0.2, 0.25) is 0 Å². The second-order valence-electron chi connectivity index (χ2n) is 3.70. The van der Waals surface area contributed by atoms with E-state index < -0.39 is 0 Å². The number of methoxy groups -OCH3 is 1. The maximum absolute atomic E-state index is 11.5. The minimum Gasteiger partial charge on any atom is -0.465 e. The van der Waals surface area contributed by atoms with Gasteiger partial charge in [-0.25, -0.2) is 4.79 Å². The fraction of sp³-hybridized carbons (Fsp3) is 0.583. The molecule has 0 radical (unpaired) electrons. The van der Waals surface area contributed by atoms with Crippen molar-refractivity contribution in [3.63, 3.8) is 0 Å². The van der Waals surface area contributed by atoms with Gasteiger partial charge in [0.25, 0.3) is 0 Å². The highest BCUT2D eigenvalue weighted by molar-refractivity contribution is 5.93. The van der Waals surface area contributed by atoms with Crippen molar-refractivity contribution < 1.29 is 19.4 Å². The van der Waals surface area contributed by atoms with Gasteiger partial charge in [0, 0.05) is 0 Å². The molecule has 16 heavy (non-hydrogen) atoms. The fourth-order valence-electron chi connectivity index (χ4n) is 1.79. The van der Waals surface area contributed by atoms with Gasteiger partial charge in [0.15, 0.2) is 0 Å². The third kappa shape index (κ3) is 2.71. The van der Waals surface area contributed by atoms with Crippen LogP contribution in [0.25, 0.3) is 0 Å². The lowest BCUT2D eigenvalue weighted by molar-refractivity contribution is -0.135. The van der Waals surface area contributed by atoms with Gasteiger partial charge in [-0.15, -0.1) is 0 Å². The summed E-state index contributed by atoms with van der Waals surface area (Å²) in [6.07, 6.45) is 3.18. The molecular formula is C12H18O4. The highest BCUT2D eigenvalue weighted by atomic mass is 16.6. The molecule has 0 saturated heterocycles. The van der Waals surface area contributed by atoms with Crippen molar-refractivity contribution in [3.8, 4) is 0 Å². The Labute approximate surface area is 95.6 Å². The van der Waals surface area contributed by atoms with Gasteiger partial charge < -0.3 is 14.6 Å². The van der Waals surface area contributed by atoms with Crippen LogP contribution in [-0.2, 0) is 14.3 Å². The number of aliphatic hydroxyl groups is 1. The standard InChI is InChI=1S/C12H18O4/c1-4-9-5-10(8(2)16-7-13)6-11(9)12(14)15-3/h6,8,13H,4-5,7H2,1-3H3/t8-/m0/s1. The molecule has 1 aliphatic carbocycles. The molecule has 1 atom stereocenters. The van der Waals surface area contributed by atoms with E-state index in [1.807, 2.05) is 19.9 Å². The molecule has 0 amide bonds. The van der Waals surface area contributed by atoms with E-state index in [1.165, 1.54) is 7.11 Å². The summed E-state index contributed by atoms with van der Waals surface area (Å²) in [5.41, 5.74) is 2.70. The average molecular weight is 226 g/mol. The van der Waals surface area contributed by atoms with Crippen LogP contribution in [0.15, 0.2) is 22.8 Å². The zero-order chi connectivity index (χ0) is 12.1. The van der Waals surface area contributed by atoms with E-state index in [4.69, 9.17) is 14.6 Å². The summed E-state index contributed by atoms with van der Waals surface area (Å²) >= 11 is 0. The van der Waals surface area contributed by atoms with Crippen molar-refractivity contribution in [3.05, 3.63) is 22.8 Å². The molecule has 0 heterocycles. The summed E-state index contributed by atoms with van der Waals surface area (Å²) in [5, 5.41) is 8.69. The number of rotatable bonds is 5. The van der Waals surface area contributed by atoms with E-state index in [2.05, 4.69) is 0 Å². The summed E-state index contributed by atoms with van der Waals surface area (Å²) in [4.78, 5) is 11.5. The zero-order valence-electron chi connectivity index (χ0n) is 9.95. The summed E-state index contributed by atoms with van der Waals surface area (Å²) in [7, 11) is 1.38. The van der Waals surface area contributed by atoms with Crippen molar-refractivity contribution in [1.29, 1.82) is 0 Å². The lowest BCUT2D eigenvalue weighted by Gasteiger charge is -2.12. The van der Waals surface area contributed by atoms with Gasteiger partial charge in [-0.1, -0.05) is 12.5 Å². The third-order valence-electron chi connectivity index (χ3n) is 2.81. The van der Waals surface area contributed by atoms with Gasteiger partial charge in [0.1, 0.15) is 6.79 Å². The number of carbonyl (C=O) groups excluding carboxylic acids is 1. The predicted octanol–water partition coefficient (Wildman–Crippen LogP) is 1.55. The lowest BCUT2D eigenvalue weighted by Crippen LogP contribution is -2.11. The SMILES string of the molecule is CCC1=C(C(=O)OC)C=C([C@H](C)OCO)C1. The number of allylic oxidation sites excluding steroid dienone is 1. The molecule has 0 unspecified atom stereocenters. The zero-order valence-corrected chi connectivity index (χ0v) is 9.95. The van der Waals surface area contributed by atoms with Gasteiger partial charge in [-0.2, -0.15) is 0 Å². The van der Waals surface area contributed by atoms with Crippen LogP contribution in [-0.4, -0.2) is 31.1 Å². The van der Waals surface area contributed by atoms with Crippen molar-refractivity contribution >= 4 is 5.97 Å². The Hall–Kier alpha value is -1.13. The van der Waals surface area contributed by atoms with Crippen LogP contribution >= 0.6 is 0 Å². The quantitative estimate of drug-likeness (QED) is 0.571. The van der Waals surface area contributed by atoms with Gasteiger partial charge in [-0.05, 0) is 31.4 Å². The fourth-order valence-corrected chi connectivity index (χ4v) is 1.79. The highest BCUT2D eigenvalue weighted by Gasteiger charge is 2.23. The maximum atomic E-state index is 11.5. The first kappa shape index (κ1) is 12.9. The predicted molar refractivity (Wildman–Crippen MR) is 59.7 cm³/mol. The van der Waals surface area contributed by atoms with Gasteiger partial charge >= 0.3 is 5.97 Å². The molecule has 0 bridgehead atoms. The normalized spacial score (nSPS) is 17.4. The van der Waals surface area contributed by atoms with Crippen LogP contribution in [0.3, 0.4) is 0 Å². The number of carbonyl (C=O) groups is 1. The minimum atomic E-state index is -0.312. The Morgan fingerprint density at radius 2 is 2.31 bits per heavy atom. The lowest BCUT2D eigenvalue weighted by atomic mass is 10.1. The van der Waals surface area contributed by atoms with Crippen LogP contribution in [0.5, 0.6) is 0 Å². The van der Waals surface area contributed by atoms with Crippen molar-refractivity contribution in [2.75, 3.05) is 13.9 Å².